The number of nitrogens with zero attached hydrogens (tertiary/aromatic N) is 1. The van der Waals surface area contributed by atoms with Gasteiger partial charge in [-0.25, -0.2) is 0 Å². The van der Waals surface area contributed by atoms with Gasteiger partial charge in [-0.05, 0) is 30.5 Å². The molecule has 4 nitrogen and oxygen atoms in total. The molecule has 2 heterocycles. The number of carbonyl (C=O) groups is 1. The van der Waals surface area contributed by atoms with Gasteiger partial charge in [-0.1, -0.05) is 12.5 Å². The van der Waals surface area contributed by atoms with Crippen LogP contribution in [0.1, 0.15) is 36.4 Å². The van der Waals surface area contributed by atoms with Gasteiger partial charge in [0.15, 0.2) is 0 Å². The molecular weight excluding hydrogens is 204 g/mol. The van der Waals surface area contributed by atoms with Crippen LogP contribution in [0.5, 0.6) is 0 Å². The zero-order chi connectivity index (χ0) is 11.4. The third-order valence-corrected chi connectivity index (χ3v) is 2.88. The average molecular weight is 220 g/mol. The maximum atomic E-state index is 10.6. The summed E-state index contributed by atoms with van der Waals surface area (Å²) in [7, 11) is 0. The van der Waals surface area contributed by atoms with Crippen molar-refractivity contribution in [3.63, 3.8) is 0 Å². The van der Waals surface area contributed by atoms with Crippen molar-refractivity contribution in [2.75, 3.05) is 6.54 Å². The molecule has 0 amide bonds. The van der Waals surface area contributed by atoms with Gasteiger partial charge < -0.3 is 10.4 Å². The van der Waals surface area contributed by atoms with Crippen LogP contribution in [0, 0.1) is 0 Å². The molecule has 0 aliphatic carbocycles. The molecule has 1 aromatic rings. The Morgan fingerprint density at radius 3 is 3.06 bits per heavy atom. The molecule has 0 unspecified atom stereocenters. The molecule has 2 N–H and O–H groups in total. The molecule has 2 rings (SSSR count). The van der Waals surface area contributed by atoms with E-state index < -0.39 is 5.97 Å². The third kappa shape index (κ3) is 2.79. The lowest BCUT2D eigenvalue weighted by atomic mass is 9.97. The first-order valence-electron chi connectivity index (χ1n) is 5.65. The minimum Gasteiger partial charge on any atom is -0.481 e. The first kappa shape index (κ1) is 11.1. The Morgan fingerprint density at radius 1 is 1.50 bits per heavy atom. The predicted molar refractivity (Wildman–Crippen MR) is 60.2 cm³/mol. The largest absolute Gasteiger partial charge is 0.481 e. The summed E-state index contributed by atoms with van der Waals surface area (Å²) in [6, 6.07) is 2.29. The van der Waals surface area contributed by atoms with Gasteiger partial charge in [0.05, 0.1) is 6.42 Å². The molecular formula is C12H16N2O2. The Bertz CT molecular complexity index is 373. The molecule has 1 fully saturated rings. The van der Waals surface area contributed by atoms with E-state index >= 15 is 0 Å². The molecule has 0 radical (unpaired) electrons. The molecule has 16 heavy (non-hydrogen) atoms. The fourth-order valence-corrected chi connectivity index (χ4v) is 2.11. The number of rotatable bonds is 3. The number of hydrogen-bond acceptors (Lipinski definition) is 3. The van der Waals surface area contributed by atoms with Crippen molar-refractivity contribution in [3.8, 4) is 0 Å². The van der Waals surface area contributed by atoms with E-state index in [1.807, 2.05) is 12.3 Å². The van der Waals surface area contributed by atoms with Gasteiger partial charge in [-0.15, -0.1) is 0 Å². The molecule has 1 aromatic heterocycles. The molecule has 1 atom stereocenters. The Hall–Kier alpha value is -1.42. The number of piperidine rings is 1. The Morgan fingerprint density at radius 2 is 2.38 bits per heavy atom. The average Bonchev–Trinajstić information content (AvgIpc) is 2.30. The highest BCUT2D eigenvalue weighted by atomic mass is 16.4. The first-order chi connectivity index (χ1) is 7.75. The van der Waals surface area contributed by atoms with E-state index in [-0.39, 0.29) is 6.42 Å². The number of aliphatic carboxylic acids is 1. The third-order valence-electron chi connectivity index (χ3n) is 2.88. The summed E-state index contributed by atoms with van der Waals surface area (Å²) in [5.41, 5.74) is 1.89. The van der Waals surface area contributed by atoms with E-state index in [2.05, 4.69) is 10.3 Å². The van der Waals surface area contributed by atoms with Gasteiger partial charge >= 0.3 is 5.97 Å². The molecule has 4 heteroatoms. The molecule has 1 aliphatic heterocycles. The van der Waals surface area contributed by atoms with Gasteiger partial charge in [0.1, 0.15) is 0 Å². The number of hydrogen-bond donors (Lipinski definition) is 2. The van der Waals surface area contributed by atoms with Gasteiger partial charge in [0.25, 0.3) is 0 Å². The van der Waals surface area contributed by atoms with Crippen molar-refractivity contribution < 1.29 is 9.90 Å². The van der Waals surface area contributed by atoms with Crippen LogP contribution in [0.25, 0.3) is 0 Å². The number of carboxylic acid groups (broad SMARTS) is 1. The van der Waals surface area contributed by atoms with Crippen molar-refractivity contribution in [2.24, 2.45) is 0 Å². The zero-order valence-corrected chi connectivity index (χ0v) is 9.15. The first-order valence-corrected chi connectivity index (χ1v) is 5.65. The van der Waals surface area contributed by atoms with Gasteiger partial charge in [0.2, 0.25) is 0 Å². The Balaban J connectivity index is 2.11. The maximum absolute atomic E-state index is 10.6. The SMILES string of the molecule is O=C(O)Cc1cncc([C@@H]2CCCCN2)c1. The van der Waals surface area contributed by atoms with Crippen molar-refractivity contribution in [1.29, 1.82) is 0 Å². The van der Waals surface area contributed by atoms with E-state index in [1.54, 1.807) is 6.20 Å². The monoisotopic (exact) mass is 220 g/mol. The number of nitrogens with one attached hydrogen (secondary N) is 1. The summed E-state index contributed by atoms with van der Waals surface area (Å²) in [4.78, 5) is 14.7. The van der Waals surface area contributed by atoms with Crippen molar-refractivity contribution in [2.45, 2.75) is 31.7 Å². The minimum absolute atomic E-state index is 0.0492. The highest BCUT2D eigenvalue weighted by molar-refractivity contribution is 5.70. The molecule has 0 spiro atoms. The second-order valence-corrected chi connectivity index (χ2v) is 4.20. The van der Waals surface area contributed by atoms with Crippen LogP contribution in [0.2, 0.25) is 0 Å². The van der Waals surface area contributed by atoms with E-state index in [9.17, 15) is 4.79 Å². The van der Waals surface area contributed by atoms with Crippen LogP contribution in [-0.2, 0) is 11.2 Å². The molecule has 0 bridgehead atoms. The molecule has 1 aliphatic rings. The number of carboxylic acids is 1. The lowest BCUT2D eigenvalue weighted by Gasteiger charge is -2.23. The van der Waals surface area contributed by atoms with E-state index in [0.29, 0.717) is 6.04 Å². The van der Waals surface area contributed by atoms with Crippen LogP contribution in [0.15, 0.2) is 18.5 Å². The topological polar surface area (TPSA) is 62.2 Å². The normalized spacial score (nSPS) is 20.6. The zero-order valence-electron chi connectivity index (χ0n) is 9.15. The lowest BCUT2D eigenvalue weighted by Crippen LogP contribution is -2.26. The smallest absolute Gasteiger partial charge is 0.307 e. The summed E-state index contributed by atoms with van der Waals surface area (Å²) in [5.74, 6) is -0.810. The van der Waals surface area contributed by atoms with Crippen LogP contribution in [0.4, 0.5) is 0 Å². The highest BCUT2D eigenvalue weighted by Crippen LogP contribution is 2.22. The lowest BCUT2D eigenvalue weighted by molar-refractivity contribution is -0.136. The van der Waals surface area contributed by atoms with Crippen LogP contribution in [-0.4, -0.2) is 22.6 Å². The van der Waals surface area contributed by atoms with Crippen LogP contribution >= 0.6 is 0 Å². The van der Waals surface area contributed by atoms with E-state index in [0.717, 1.165) is 24.1 Å². The summed E-state index contributed by atoms with van der Waals surface area (Å²) in [6.45, 7) is 1.04. The molecule has 0 aromatic carbocycles. The summed E-state index contributed by atoms with van der Waals surface area (Å²) < 4.78 is 0. The summed E-state index contributed by atoms with van der Waals surface area (Å²) >= 11 is 0. The van der Waals surface area contributed by atoms with Gasteiger partial charge in [0, 0.05) is 18.4 Å². The molecule has 0 saturated carbocycles. The summed E-state index contributed by atoms with van der Waals surface area (Å²) in [6.07, 6.45) is 7.06. The molecule has 86 valence electrons. The fourth-order valence-electron chi connectivity index (χ4n) is 2.11. The van der Waals surface area contributed by atoms with E-state index in [4.69, 9.17) is 5.11 Å². The second kappa shape index (κ2) is 5.07. The second-order valence-electron chi connectivity index (χ2n) is 4.20. The standard InChI is InChI=1S/C12H16N2O2/c15-12(16)6-9-5-10(8-13-7-9)11-3-1-2-4-14-11/h5,7-8,11,14H,1-4,6H2,(H,15,16)/t11-/m0/s1. The van der Waals surface area contributed by atoms with Crippen LogP contribution < -0.4 is 5.32 Å². The minimum atomic E-state index is -0.810. The van der Waals surface area contributed by atoms with Crippen LogP contribution in [0.3, 0.4) is 0 Å². The quantitative estimate of drug-likeness (QED) is 0.810. The molecule has 1 saturated heterocycles. The summed E-state index contributed by atoms with van der Waals surface area (Å²) in [5, 5.41) is 12.2. The van der Waals surface area contributed by atoms with Crippen molar-refractivity contribution >= 4 is 5.97 Å². The highest BCUT2D eigenvalue weighted by Gasteiger charge is 2.15. The van der Waals surface area contributed by atoms with Gasteiger partial charge in [-0.2, -0.15) is 0 Å². The van der Waals surface area contributed by atoms with Crippen molar-refractivity contribution in [3.05, 3.63) is 29.6 Å². The van der Waals surface area contributed by atoms with E-state index in [1.165, 1.54) is 12.8 Å². The number of pyridine rings is 1. The van der Waals surface area contributed by atoms with Gasteiger partial charge in [-0.3, -0.25) is 9.78 Å². The Kier molecular flexibility index (Phi) is 3.51. The fraction of sp³-hybridized carbons (Fsp3) is 0.500. The maximum Gasteiger partial charge on any atom is 0.307 e. The Labute approximate surface area is 94.7 Å². The predicted octanol–water partition coefficient (Wildman–Crippen LogP) is 1.52. The number of aromatic nitrogens is 1. The van der Waals surface area contributed by atoms with Crippen molar-refractivity contribution in [1.82, 2.24) is 10.3 Å².